The Kier molecular flexibility index (Phi) is 2.62. The second-order valence-corrected chi connectivity index (χ2v) is 3.37. The zero-order valence-electron chi connectivity index (χ0n) is 8.84. The fraction of sp³-hybridized carbons (Fsp3) is 0.182. The first-order valence-electron chi connectivity index (χ1n) is 4.73. The lowest BCUT2D eigenvalue weighted by atomic mass is 9.94. The number of benzene rings is 1. The van der Waals surface area contributed by atoms with Crippen molar-refractivity contribution in [3.63, 3.8) is 0 Å². The zero-order valence-corrected chi connectivity index (χ0v) is 8.84. The summed E-state index contributed by atoms with van der Waals surface area (Å²) in [4.78, 5) is 4.01. The molecule has 5 heteroatoms. The van der Waals surface area contributed by atoms with Gasteiger partial charge in [0.05, 0.1) is 0 Å². The van der Waals surface area contributed by atoms with Crippen LogP contribution in [0, 0.1) is 6.92 Å². The third-order valence-electron chi connectivity index (χ3n) is 2.46. The predicted molar refractivity (Wildman–Crippen MR) is 57.6 cm³/mol. The Labute approximate surface area is 93.1 Å². The topological polar surface area (TPSA) is 71.0 Å². The minimum atomic E-state index is -1.11. The second kappa shape index (κ2) is 3.94. The maximum absolute atomic E-state index is 9.79. The lowest BCUT2D eigenvalue weighted by Crippen LogP contribution is -2.28. The first kappa shape index (κ1) is 10.6. The van der Waals surface area contributed by atoms with Crippen LogP contribution < -0.4 is 0 Å². The fourth-order valence-electron chi connectivity index (χ4n) is 1.54. The fourth-order valence-corrected chi connectivity index (χ4v) is 1.54. The molecule has 1 aromatic heterocycles. The van der Waals surface area contributed by atoms with Gasteiger partial charge in [-0.25, -0.2) is 4.98 Å². The SMILES string of the molecule is [CH2]C(OC)(c1nc[nH]n1)c1ccccc1O. The molecule has 0 spiro atoms. The Morgan fingerprint density at radius 3 is 2.75 bits per heavy atom. The third-order valence-corrected chi connectivity index (χ3v) is 2.46. The normalized spacial score (nSPS) is 14.6. The van der Waals surface area contributed by atoms with Gasteiger partial charge >= 0.3 is 0 Å². The van der Waals surface area contributed by atoms with Gasteiger partial charge in [0.15, 0.2) is 11.4 Å². The molecule has 2 N–H and O–H groups in total. The van der Waals surface area contributed by atoms with E-state index in [0.717, 1.165) is 0 Å². The maximum atomic E-state index is 9.79. The van der Waals surface area contributed by atoms with E-state index in [1.165, 1.54) is 13.4 Å². The number of hydrogen-bond donors (Lipinski definition) is 2. The molecule has 0 saturated carbocycles. The van der Waals surface area contributed by atoms with Crippen molar-refractivity contribution in [2.45, 2.75) is 5.60 Å². The monoisotopic (exact) mass is 218 g/mol. The molecule has 0 fully saturated rings. The smallest absolute Gasteiger partial charge is 0.187 e. The van der Waals surface area contributed by atoms with Crippen molar-refractivity contribution in [2.75, 3.05) is 7.11 Å². The number of nitrogens with zero attached hydrogens (tertiary/aromatic N) is 2. The Balaban J connectivity index is 2.55. The first-order valence-corrected chi connectivity index (χ1v) is 4.73. The highest BCUT2D eigenvalue weighted by Gasteiger charge is 2.34. The molecule has 83 valence electrons. The molecule has 16 heavy (non-hydrogen) atoms. The maximum Gasteiger partial charge on any atom is 0.187 e. The summed E-state index contributed by atoms with van der Waals surface area (Å²) in [6, 6.07) is 6.82. The molecule has 5 nitrogen and oxygen atoms in total. The highest BCUT2D eigenvalue weighted by Crippen LogP contribution is 2.34. The number of H-pyrrole nitrogens is 1. The number of aromatic nitrogens is 3. The number of hydrogen-bond acceptors (Lipinski definition) is 4. The van der Waals surface area contributed by atoms with Crippen LogP contribution in [-0.4, -0.2) is 27.4 Å². The van der Waals surface area contributed by atoms with Crippen LogP contribution in [0.25, 0.3) is 0 Å². The molecule has 2 aromatic rings. The molecule has 0 aliphatic rings. The summed E-state index contributed by atoms with van der Waals surface area (Å²) in [6.07, 6.45) is 1.44. The number of para-hydroxylation sites is 1. The Morgan fingerprint density at radius 2 is 2.19 bits per heavy atom. The van der Waals surface area contributed by atoms with Crippen LogP contribution >= 0.6 is 0 Å². The lowest BCUT2D eigenvalue weighted by molar-refractivity contribution is 0.0534. The van der Waals surface area contributed by atoms with Gasteiger partial charge in [-0.2, -0.15) is 5.10 Å². The largest absolute Gasteiger partial charge is 0.508 e. The molecule has 1 aromatic carbocycles. The van der Waals surface area contributed by atoms with E-state index < -0.39 is 5.60 Å². The van der Waals surface area contributed by atoms with Gasteiger partial charge in [-0.05, 0) is 13.0 Å². The van der Waals surface area contributed by atoms with Crippen LogP contribution in [0.15, 0.2) is 30.6 Å². The van der Waals surface area contributed by atoms with Gasteiger partial charge in [0, 0.05) is 12.7 Å². The quantitative estimate of drug-likeness (QED) is 0.813. The Hall–Kier alpha value is -1.88. The van der Waals surface area contributed by atoms with E-state index in [-0.39, 0.29) is 5.75 Å². The molecule has 1 unspecified atom stereocenters. The highest BCUT2D eigenvalue weighted by molar-refractivity contribution is 5.41. The number of rotatable bonds is 3. The van der Waals surface area contributed by atoms with Gasteiger partial charge in [0.1, 0.15) is 12.1 Å². The molecule has 1 radical (unpaired) electrons. The van der Waals surface area contributed by atoms with E-state index in [1.807, 2.05) is 0 Å². The zero-order chi connectivity index (χ0) is 11.6. The molecule has 1 heterocycles. The van der Waals surface area contributed by atoms with E-state index in [9.17, 15) is 5.11 Å². The molecule has 1 atom stereocenters. The molecular weight excluding hydrogens is 206 g/mol. The summed E-state index contributed by atoms with van der Waals surface area (Å²) in [6.45, 7) is 3.93. The van der Waals surface area contributed by atoms with Gasteiger partial charge in [-0.3, -0.25) is 5.10 Å². The van der Waals surface area contributed by atoms with Crippen LogP contribution in [-0.2, 0) is 10.3 Å². The second-order valence-electron chi connectivity index (χ2n) is 3.37. The van der Waals surface area contributed by atoms with Gasteiger partial charge in [-0.15, -0.1) is 0 Å². The number of aromatic hydroxyl groups is 1. The van der Waals surface area contributed by atoms with Crippen LogP contribution in [0.2, 0.25) is 0 Å². The number of nitrogens with one attached hydrogen (secondary N) is 1. The molecule has 2 rings (SSSR count). The van der Waals surface area contributed by atoms with E-state index in [2.05, 4.69) is 22.1 Å². The van der Waals surface area contributed by atoms with Crippen LogP contribution in [0.4, 0.5) is 0 Å². The summed E-state index contributed by atoms with van der Waals surface area (Å²) >= 11 is 0. The minimum Gasteiger partial charge on any atom is -0.508 e. The summed E-state index contributed by atoms with van der Waals surface area (Å²) in [5, 5.41) is 16.3. The van der Waals surface area contributed by atoms with E-state index in [1.54, 1.807) is 24.3 Å². The molecule has 0 saturated heterocycles. The standard InChI is InChI=1S/C11H12N3O2/c1-11(16-2,10-12-7-13-14-10)8-5-3-4-6-9(8)15/h3-7,15H,1H2,2H3,(H,12,13,14). The average molecular weight is 218 g/mol. The van der Waals surface area contributed by atoms with E-state index in [4.69, 9.17) is 4.74 Å². The van der Waals surface area contributed by atoms with Gasteiger partial charge in [0.25, 0.3) is 0 Å². The first-order chi connectivity index (χ1) is 7.68. The van der Waals surface area contributed by atoms with Crippen molar-refractivity contribution in [3.8, 4) is 5.75 Å². The van der Waals surface area contributed by atoms with E-state index in [0.29, 0.717) is 11.4 Å². The number of phenolic OH excluding ortho intramolecular Hbond substituents is 1. The van der Waals surface area contributed by atoms with Crippen molar-refractivity contribution < 1.29 is 9.84 Å². The summed E-state index contributed by atoms with van der Waals surface area (Å²) in [7, 11) is 1.50. The van der Waals surface area contributed by atoms with Crippen molar-refractivity contribution in [3.05, 3.63) is 48.9 Å². The molecule has 0 amide bonds. The number of phenols is 1. The third kappa shape index (κ3) is 1.55. The van der Waals surface area contributed by atoms with Crippen LogP contribution in [0.1, 0.15) is 11.4 Å². The Morgan fingerprint density at radius 1 is 1.44 bits per heavy atom. The molecule has 0 aliphatic carbocycles. The van der Waals surface area contributed by atoms with Gasteiger partial charge < -0.3 is 9.84 Å². The predicted octanol–water partition coefficient (Wildman–Crippen LogP) is 1.23. The summed E-state index contributed by atoms with van der Waals surface area (Å²) in [5.41, 5.74) is -0.581. The number of methoxy groups -OCH3 is 1. The van der Waals surface area contributed by atoms with Crippen LogP contribution in [0.5, 0.6) is 5.75 Å². The van der Waals surface area contributed by atoms with Crippen LogP contribution in [0.3, 0.4) is 0 Å². The lowest BCUT2D eigenvalue weighted by Gasteiger charge is -2.25. The Bertz CT molecular complexity index is 470. The summed E-state index contributed by atoms with van der Waals surface area (Å²) in [5.74, 6) is 0.473. The van der Waals surface area contributed by atoms with Gasteiger partial charge in [-0.1, -0.05) is 18.2 Å². The minimum absolute atomic E-state index is 0.101. The summed E-state index contributed by atoms with van der Waals surface area (Å²) < 4.78 is 5.33. The van der Waals surface area contributed by atoms with Crippen molar-refractivity contribution in [1.82, 2.24) is 15.2 Å². The molecular formula is C11H12N3O2. The van der Waals surface area contributed by atoms with Gasteiger partial charge in [0.2, 0.25) is 0 Å². The molecule has 0 aliphatic heterocycles. The number of aromatic amines is 1. The van der Waals surface area contributed by atoms with Crippen molar-refractivity contribution >= 4 is 0 Å². The average Bonchev–Trinajstić information content (AvgIpc) is 2.82. The highest BCUT2D eigenvalue weighted by atomic mass is 16.5. The van der Waals surface area contributed by atoms with Crippen molar-refractivity contribution in [1.29, 1.82) is 0 Å². The molecule has 0 bridgehead atoms. The van der Waals surface area contributed by atoms with E-state index >= 15 is 0 Å². The number of ether oxygens (including phenoxy) is 1. The van der Waals surface area contributed by atoms with Crippen molar-refractivity contribution in [2.24, 2.45) is 0 Å².